The minimum Gasteiger partial charge on any atom is -0.497 e. The number of imide groups is 1. The molecule has 0 fully saturated rings. The van der Waals surface area contributed by atoms with Crippen LogP contribution in [0.1, 0.15) is 0 Å². The molecular formula is C18H14N6O4. The van der Waals surface area contributed by atoms with Crippen LogP contribution in [0.15, 0.2) is 52.7 Å². The molecule has 1 N–H and O–H groups in total. The zero-order valence-electron chi connectivity index (χ0n) is 14.9. The van der Waals surface area contributed by atoms with Gasteiger partial charge in [0, 0.05) is 30.4 Å². The number of H-pyrrole nitrogens is 1. The Morgan fingerprint density at radius 2 is 1.61 bits per heavy atom. The molecule has 28 heavy (non-hydrogen) atoms. The fraction of sp³-hybridized carbons (Fsp3) is 0.111. The van der Waals surface area contributed by atoms with Gasteiger partial charge >= 0.3 is 0 Å². The van der Waals surface area contributed by atoms with Gasteiger partial charge in [0.15, 0.2) is 0 Å². The second-order valence-corrected chi connectivity index (χ2v) is 5.74. The molecule has 4 rings (SSSR count). The monoisotopic (exact) mass is 378 g/mol. The van der Waals surface area contributed by atoms with E-state index in [4.69, 9.17) is 9.47 Å². The van der Waals surface area contributed by atoms with E-state index in [2.05, 4.69) is 25.6 Å². The van der Waals surface area contributed by atoms with Gasteiger partial charge in [-0.15, -0.1) is 5.11 Å². The number of methoxy groups -OCH3 is 2. The van der Waals surface area contributed by atoms with E-state index >= 15 is 0 Å². The topological polar surface area (TPSA) is 122 Å². The highest BCUT2D eigenvalue weighted by Crippen LogP contribution is 2.38. The molecule has 10 nitrogen and oxygen atoms in total. The van der Waals surface area contributed by atoms with Gasteiger partial charge < -0.3 is 9.47 Å². The van der Waals surface area contributed by atoms with Crippen molar-refractivity contribution < 1.29 is 19.1 Å². The lowest BCUT2D eigenvalue weighted by Gasteiger charge is -2.15. The van der Waals surface area contributed by atoms with Crippen LogP contribution in [0.5, 0.6) is 11.5 Å². The molecule has 0 saturated carbocycles. The summed E-state index contributed by atoms with van der Waals surface area (Å²) in [6.07, 6.45) is 2.40. The zero-order chi connectivity index (χ0) is 19.7. The van der Waals surface area contributed by atoms with Crippen molar-refractivity contribution in [2.24, 2.45) is 10.2 Å². The molecule has 2 amide bonds. The highest BCUT2D eigenvalue weighted by Gasteiger charge is 2.29. The van der Waals surface area contributed by atoms with Crippen molar-refractivity contribution in [1.29, 1.82) is 0 Å². The molecule has 2 heterocycles. The minimum absolute atomic E-state index is 0.235. The number of nitrogens with one attached hydrogen (secondary N) is 1. The lowest BCUT2D eigenvalue weighted by Crippen LogP contribution is -2.29. The van der Waals surface area contributed by atoms with E-state index in [1.54, 1.807) is 30.3 Å². The van der Waals surface area contributed by atoms with E-state index in [0.29, 0.717) is 28.2 Å². The third-order valence-corrected chi connectivity index (χ3v) is 4.09. The zero-order valence-corrected chi connectivity index (χ0v) is 14.9. The van der Waals surface area contributed by atoms with Crippen LogP contribution in [0.4, 0.5) is 17.1 Å². The minimum atomic E-state index is -0.465. The molecule has 2 aromatic carbocycles. The first-order chi connectivity index (χ1) is 13.6. The van der Waals surface area contributed by atoms with E-state index in [1.165, 1.54) is 26.4 Å². The fourth-order valence-corrected chi connectivity index (χ4v) is 2.76. The maximum atomic E-state index is 12.1. The van der Waals surface area contributed by atoms with Crippen LogP contribution in [0.3, 0.4) is 0 Å². The van der Waals surface area contributed by atoms with Gasteiger partial charge in [0.2, 0.25) is 0 Å². The molecule has 0 atom stereocenters. The number of benzene rings is 2. The van der Waals surface area contributed by atoms with Crippen LogP contribution in [-0.2, 0) is 9.59 Å². The molecule has 0 unspecified atom stereocenters. The van der Waals surface area contributed by atoms with Gasteiger partial charge in [0.1, 0.15) is 28.2 Å². The van der Waals surface area contributed by atoms with Crippen molar-refractivity contribution in [2.75, 3.05) is 19.1 Å². The second-order valence-electron chi connectivity index (χ2n) is 5.74. The molecule has 1 aliphatic heterocycles. The molecule has 10 heteroatoms. The second kappa shape index (κ2) is 6.91. The quantitative estimate of drug-likeness (QED) is 0.538. The number of amides is 2. The van der Waals surface area contributed by atoms with E-state index in [0.717, 1.165) is 4.90 Å². The van der Waals surface area contributed by atoms with Crippen molar-refractivity contribution in [3.63, 3.8) is 0 Å². The van der Waals surface area contributed by atoms with Gasteiger partial charge in [-0.2, -0.15) is 20.5 Å². The molecule has 3 aromatic rings. The third-order valence-electron chi connectivity index (χ3n) is 4.09. The number of anilines is 1. The van der Waals surface area contributed by atoms with Crippen molar-refractivity contribution >= 4 is 39.9 Å². The Bertz CT molecular complexity index is 1110. The fourth-order valence-electron chi connectivity index (χ4n) is 2.76. The molecule has 1 aromatic heterocycles. The Morgan fingerprint density at radius 1 is 0.929 bits per heavy atom. The van der Waals surface area contributed by atoms with Crippen molar-refractivity contribution in [3.05, 3.63) is 42.5 Å². The summed E-state index contributed by atoms with van der Waals surface area (Å²) in [5, 5.41) is 19.1. The maximum absolute atomic E-state index is 12.1. The smallest absolute Gasteiger partial charge is 0.258 e. The maximum Gasteiger partial charge on any atom is 0.258 e. The number of hydrogen-bond donors (Lipinski definition) is 1. The Labute approximate surface area is 158 Å². The van der Waals surface area contributed by atoms with Gasteiger partial charge in [0.05, 0.1) is 25.6 Å². The average Bonchev–Trinajstić information content (AvgIpc) is 3.32. The Balaban J connectivity index is 1.83. The van der Waals surface area contributed by atoms with Crippen molar-refractivity contribution in [3.8, 4) is 11.5 Å². The van der Waals surface area contributed by atoms with Gasteiger partial charge in [-0.3, -0.25) is 9.59 Å². The lowest BCUT2D eigenvalue weighted by atomic mass is 10.2. The van der Waals surface area contributed by atoms with Gasteiger partial charge in [-0.25, -0.2) is 4.90 Å². The summed E-state index contributed by atoms with van der Waals surface area (Å²) in [6.45, 7) is 0. The van der Waals surface area contributed by atoms with Crippen molar-refractivity contribution in [1.82, 2.24) is 15.4 Å². The van der Waals surface area contributed by atoms with E-state index in [1.807, 2.05) is 0 Å². The number of aromatic amines is 1. The number of rotatable bonds is 5. The Hall–Kier alpha value is -4.08. The number of fused-ring (bicyclic) bond motifs is 1. The third kappa shape index (κ3) is 2.96. The number of hydrogen-bond acceptors (Lipinski definition) is 8. The van der Waals surface area contributed by atoms with Crippen LogP contribution in [0, 0.1) is 0 Å². The number of nitrogens with zero attached hydrogens (tertiary/aromatic N) is 5. The highest BCUT2D eigenvalue weighted by atomic mass is 16.5. The summed E-state index contributed by atoms with van der Waals surface area (Å²) in [4.78, 5) is 25.3. The summed E-state index contributed by atoms with van der Waals surface area (Å²) >= 11 is 0. The normalized spacial score (nSPS) is 13.9. The Morgan fingerprint density at radius 3 is 2.25 bits per heavy atom. The predicted molar refractivity (Wildman–Crippen MR) is 99.2 cm³/mol. The molecule has 0 radical (unpaired) electrons. The summed E-state index contributed by atoms with van der Waals surface area (Å²) in [5.41, 5.74) is 1.86. The summed E-state index contributed by atoms with van der Waals surface area (Å²) in [6, 6.07) is 8.26. The van der Waals surface area contributed by atoms with Crippen LogP contribution in [0.2, 0.25) is 0 Å². The number of azo groups is 1. The molecular weight excluding hydrogens is 364 g/mol. The van der Waals surface area contributed by atoms with Crippen LogP contribution in [-0.4, -0.2) is 41.4 Å². The molecule has 0 spiro atoms. The van der Waals surface area contributed by atoms with Crippen LogP contribution >= 0.6 is 0 Å². The van der Waals surface area contributed by atoms with E-state index < -0.39 is 11.8 Å². The largest absolute Gasteiger partial charge is 0.497 e. The Kier molecular flexibility index (Phi) is 4.28. The van der Waals surface area contributed by atoms with E-state index in [9.17, 15) is 9.59 Å². The number of carbonyl (C=O) groups is 2. The van der Waals surface area contributed by atoms with Gasteiger partial charge in [-0.1, -0.05) is 0 Å². The molecule has 0 aliphatic carbocycles. The average molecular weight is 378 g/mol. The predicted octanol–water partition coefficient (Wildman–Crippen LogP) is 2.82. The highest BCUT2D eigenvalue weighted by molar-refractivity contribution is 6.29. The molecule has 0 bridgehead atoms. The first-order valence-corrected chi connectivity index (χ1v) is 8.15. The van der Waals surface area contributed by atoms with Gasteiger partial charge in [-0.05, 0) is 12.1 Å². The number of carbonyl (C=O) groups excluding carboxylic acids is 2. The van der Waals surface area contributed by atoms with Crippen LogP contribution in [0.25, 0.3) is 11.0 Å². The van der Waals surface area contributed by atoms with Crippen molar-refractivity contribution in [2.45, 2.75) is 0 Å². The van der Waals surface area contributed by atoms with Gasteiger partial charge in [0.25, 0.3) is 11.8 Å². The molecule has 0 saturated heterocycles. The number of ether oxygens (including phenoxy) is 2. The first-order valence-electron chi connectivity index (χ1n) is 8.15. The van der Waals surface area contributed by atoms with E-state index in [-0.39, 0.29) is 11.4 Å². The molecule has 140 valence electrons. The summed E-state index contributed by atoms with van der Waals surface area (Å²) in [7, 11) is 3.06. The molecule has 1 aliphatic rings. The summed E-state index contributed by atoms with van der Waals surface area (Å²) in [5.74, 6) is 0.157. The van der Waals surface area contributed by atoms with Crippen LogP contribution < -0.4 is 14.4 Å². The standard InChI is InChI=1S/C18H14N6O4/c1-27-11-7-10(8-12(9-11)28-2)19-21-18-14(24-15(25)5-6-16(24)26)4-3-13-17(18)22-23-20-13/h3-9H,1-2H3,(H,20,22,23). The summed E-state index contributed by atoms with van der Waals surface area (Å²) < 4.78 is 10.5. The number of aromatic nitrogens is 3. The SMILES string of the molecule is COc1cc(N=Nc2c(N3C(=O)C=CC3=O)ccc3n[nH]nc23)cc(OC)c1. The first kappa shape index (κ1) is 17.3. The lowest BCUT2D eigenvalue weighted by molar-refractivity contribution is -0.119.